The molecule has 0 aliphatic heterocycles. The van der Waals surface area contributed by atoms with Crippen LogP contribution >= 0.6 is 27.3 Å². The second kappa shape index (κ2) is 6.32. The summed E-state index contributed by atoms with van der Waals surface area (Å²) in [5, 5.41) is 12.3. The third kappa shape index (κ3) is 3.78. The van der Waals surface area contributed by atoms with E-state index in [4.69, 9.17) is 0 Å². The lowest BCUT2D eigenvalue weighted by atomic mass is 10.0. The van der Waals surface area contributed by atoms with Crippen molar-refractivity contribution < 1.29 is 5.11 Å². The van der Waals surface area contributed by atoms with Crippen LogP contribution in [0.1, 0.15) is 37.7 Å². The van der Waals surface area contributed by atoms with Crippen LogP contribution in [-0.4, -0.2) is 29.2 Å². The number of rotatable bonds is 3. The number of thiophene rings is 1. The van der Waals surface area contributed by atoms with Crippen molar-refractivity contribution in [1.82, 2.24) is 4.90 Å². The van der Waals surface area contributed by atoms with Gasteiger partial charge in [0.05, 0.1) is 9.89 Å². The molecule has 0 aromatic carbocycles. The minimum atomic E-state index is -0.149. The van der Waals surface area contributed by atoms with Crippen LogP contribution in [0.5, 0.6) is 0 Å². The number of halogens is 1. The Morgan fingerprint density at radius 1 is 1.41 bits per heavy atom. The van der Waals surface area contributed by atoms with Crippen LogP contribution < -0.4 is 0 Å². The number of nitrogens with zero attached hydrogens (tertiary/aromatic N) is 1. The molecule has 2 nitrogen and oxygen atoms in total. The van der Waals surface area contributed by atoms with Crippen molar-refractivity contribution >= 4 is 27.3 Å². The normalized spacial score (nSPS) is 26.1. The molecule has 1 fully saturated rings. The van der Waals surface area contributed by atoms with Crippen LogP contribution in [0.3, 0.4) is 0 Å². The molecule has 1 aliphatic rings. The number of aliphatic hydroxyl groups is 1. The van der Waals surface area contributed by atoms with Gasteiger partial charge in [-0.2, -0.15) is 0 Å². The lowest BCUT2D eigenvalue weighted by Gasteiger charge is -2.30. The Kier molecular flexibility index (Phi) is 5.03. The fourth-order valence-corrected chi connectivity index (χ4v) is 3.82. The van der Waals surface area contributed by atoms with Crippen LogP contribution in [0, 0.1) is 0 Å². The topological polar surface area (TPSA) is 23.5 Å². The highest BCUT2D eigenvalue weighted by molar-refractivity contribution is 9.11. The minimum Gasteiger partial charge on any atom is -0.391 e. The van der Waals surface area contributed by atoms with Gasteiger partial charge in [-0.1, -0.05) is 19.3 Å². The molecule has 1 N–H and O–H groups in total. The molecule has 4 heteroatoms. The van der Waals surface area contributed by atoms with Crippen molar-refractivity contribution in [3.63, 3.8) is 0 Å². The van der Waals surface area contributed by atoms with Gasteiger partial charge < -0.3 is 5.11 Å². The fourth-order valence-electron chi connectivity index (χ4n) is 2.62. The number of hydrogen-bond donors (Lipinski definition) is 1. The molecule has 1 aromatic heterocycles. The summed E-state index contributed by atoms with van der Waals surface area (Å²) in [5.74, 6) is 0. The average molecular weight is 318 g/mol. The van der Waals surface area contributed by atoms with E-state index in [1.165, 1.54) is 28.6 Å². The summed E-state index contributed by atoms with van der Waals surface area (Å²) < 4.78 is 1.18. The van der Waals surface area contributed by atoms with Gasteiger partial charge in [0.2, 0.25) is 0 Å². The molecule has 1 saturated carbocycles. The second-order valence-corrected chi connectivity index (χ2v) is 7.24. The van der Waals surface area contributed by atoms with Gasteiger partial charge in [-0.25, -0.2) is 0 Å². The third-order valence-electron chi connectivity index (χ3n) is 3.56. The highest BCUT2D eigenvalue weighted by atomic mass is 79.9. The highest BCUT2D eigenvalue weighted by Crippen LogP contribution is 2.25. The maximum Gasteiger partial charge on any atom is 0.0701 e. The molecule has 0 radical (unpaired) electrons. The molecule has 2 atom stereocenters. The summed E-state index contributed by atoms with van der Waals surface area (Å²) in [6, 6.07) is 2.50. The van der Waals surface area contributed by atoms with Crippen molar-refractivity contribution in [2.75, 3.05) is 7.05 Å². The monoisotopic (exact) mass is 317 g/mol. The molecule has 0 saturated heterocycles. The molecular weight excluding hydrogens is 298 g/mol. The Labute approximate surface area is 116 Å². The van der Waals surface area contributed by atoms with E-state index in [2.05, 4.69) is 39.3 Å². The summed E-state index contributed by atoms with van der Waals surface area (Å²) in [7, 11) is 2.13. The van der Waals surface area contributed by atoms with E-state index in [-0.39, 0.29) is 6.10 Å². The van der Waals surface area contributed by atoms with Crippen molar-refractivity contribution in [2.45, 2.75) is 50.8 Å². The maximum atomic E-state index is 10.2. The van der Waals surface area contributed by atoms with E-state index in [0.717, 1.165) is 19.4 Å². The lowest BCUT2D eigenvalue weighted by molar-refractivity contribution is 0.0544. The molecule has 1 heterocycles. The first kappa shape index (κ1) is 13.5. The zero-order chi connectivity index (χ0) is 12.3. The predicted molar refractivity (Wildman–Crippen MR) is 76.4 cm³/mol. The molecule has 0 spiro atoms. The first-order valence-corrected chi connectivity index (χ1v) is 7.95. The Balaban J connectivity index is 1.95. The first-order chi connectivity index (χ1) is 8.16. The fraction of sp³-hybridized carbons (Fsp3) is 0.692. The molecule has 0 amide bonds. The third-order valence-corrected chi connectivity index (χ3v) is 5.12. The molecule has 1 aliphatic carbocycles. The van der Waals surface area contributed by atoms with Crippen molar-refractivity contribution in [3.05, 3.63) is 20.8 Å². The van der Waals surface area contributed by atoms with E-state index in [9.17, 15) is 5.11 Å². The maximum absolute atomic E-state index is 10.2. The van der Waals surface area contributed by atoms with Crippen molar-refractivity contribution in [2.24, 2.45) is 0 Å². The van der Waals surface area contributed by atoms with Crippen LogP contribution in [0.4, 0.5) is 0 Å². The van der Waals surface area contributed by atoms with Crippen LogP contribution in [0.15, 0.2) is 15.2 Å². The van der Waals surface area contributed by atoms with Crippen molar-refractivity contribution in [1.29, 1.82) is 0 Å². The minimum absolute atomic E-state index is 0.149. The standard InChI is InChI=1S/C13H20BrNOS/c1-15(8-10-7-13(14)17-9-10)11-5-3-2-4-6-12(11)16/h7,9,11-12,16H,2-6,8H2,1H3. The molecule has 2 rings (SSSR count). The van der Waals surface area contributed by atoms with Gasteiger partial charge >= 0.3 is 0 Å². The molecular formula is C13H20BrNOS. The van der Waals surface area contributed by atoms with E-state index >= 15 is 0 Å². The van der Waals surface area contributed by atoms with Gasteiger partial charge in [0.1, 0.15) is 0 Å². The number of likely N-dealkylation sites (N-methyl/N-ethyl adjacent to an activating group) is 1. The van der Waals surface area contributed by atoms with Crippen LogP contribution in [0.2, 0.25) is 0 Å². The largest absolute Gasteiger partial charge is 0.391 e. The van der Waals surface area contributed by atoms with Gasteiger partial charge in [-0.05, 0) is 52.8 Å². The van der Waals surface area contributed by atoms with E-state index in [1.54, 1.807) is 11.3 Å². The second-order valence-electron chi connectivity index (χ2n) is 4.95. The summed E-state index contributed by atoms with van der Waals surface area (Å²) in [6.45, 7) is 0.934. The number of hydrogen-bond acceptors (Lipinski definition) is 3. The molecule has 0 bridgehead atoms. The Hall–Kier alpha value is 0.1000. The quantitative estimate of drug-likeness (QED) is 0.860. The molecule has 17 heavy (non-hydrogen) atoms. The highest BCUT2D eigenvalue weighted by Gasteiger charge is 2.25. The average Bonchev–Trinajstić information content (AvgIpc) is 2.57. The van der Waals surface area contributed by atoms with Crippen molar-refractivity contribution in [3.8, 4) is 0 Å². The smallest absolute Gasteiger partial charge is 0.0701 e. The summed E-state index contributed by atoms with van der Waals surface area (Å²) in [5.41, 5.74) is 1.33. The van der Waals surface area contributed by atoms with Gasteiger partial charge in [-0.15, -0.1) is 11.3 Å². The molecule has 2 unspecified atom stereocenters. The Morgan fingerprint density at radius 2 is 2.18 bits per heavy atom. The van der Waals surface area contributed by atoms with Gasteiger partial charge in [0.25, 0.3) is 0 Å². The predicted octanol–water partition coefficient (Wildman–Crippen LogP) is 3.64. The lowest BCUT2D eigenvalue weighted by Crippen LogP contribution is -2.40. The Bertz CT molecular complexity index is 355. The summed E-state index contributed by atoms with van der Waals surface area (Å²) >= 11 is 5.22. The Morgan fingerprint density at radius 3 is 2.88 bits per heavy atom. The van der Waals surface area contributed by atoms with Crippen LogP contribution in [0.25, 0.3) is 0 Å². The first-order valence-electron chi connectivity index (χ1n) is 6.28. The van der Waals surface area contributed by atoms with Gasteiger partial charge in [0.15, 0.2) is 0 Å². The zero-order valence-electron chi connectivity index (χ0n) is 10.2. The SMILES string of the molecule is CN(Cc1csc(Br)c1)C1CCCCCC1O. The summed E-state index contributed by atoms with van der Waals surface area (Å²) in [6.07, 6.45) is 5.63. The summed E-state index contributed by atoms with van der Waals surface area (Å²) in [4.78, 5) is 2.31. The van der Waals surface area contributed by atoms with E-state index in [1.807, 2.05) is 0 Å². The number of aliphatic hydroxyl groups excluding tert-OH is 1. The van der Waals surface area contributed by atoms with E-state index in [0.29, 0.717) is 6.04 Å². The molecule has 96 valence electrons. The van der Waals surface area contributed by atoms with Crippen LogP contribution in [-0.2, 0) is 6.54 Å². The zero-order valence-corrected chi connectivity index (χ0v) is 12.6. The van der Waals surface area contributed by atoms with Gasteiger partial charge in [0, 0.05) is 12.6 Å². The van der Waals surface area contributed by atoms with E-state index < -0.39 is 0 Å². The van der Waals surface area contributed by atoms with Gasteiger partial charge in [-0.3, -0.25) is 4.90 Å². The molecule has 1 aromatic rings.